The number of fused-ring (bicyclic) bond motifs is 1. The number of nitrogens with zero attached hydrogens (tertiary/aromatic N) is 1. The van der Waals surface area contributed by atoms with E-state index in [0.717, 1.165) is 47.0 Å². The smallest absolute Gasteiger partial charge is 0.252 e. The van der Waals surface area contributed by atoms with Crippen molar-refractivity contribution in [1.82, 2.24) is 10.3 Å². The van der Waals surface area contributed by atoms with Gasteiger partial charge in [0.1, 0.15) is 0 Å². The summed E-state index contributed by atoms with van der Waals surface area (Å²) in [5, 5.41) is 4.67. The number of aryl methyl sites for hydroxylation is 1. The van der Waals surface area contributed by atoms with E-state index >= 15 is 0 Å². The van der Waals surface area contributed by atoms with Gasteiger partial charge in [0.2, 0.25) is 0 Å². The maximum absolute atomic E-state index is 13.2. The van der Waals surface area contributed by atoms with Crippen LogP contribution in [0.5, 0.6) is 0 Å². The van der Waals surface area contributed by atoms with Crippen LogP contribution in [0.25, 0.3) is 22.2 Å². The van der Waals surface area contributed by atoms with Gasteiger partial charge in [0.25, 0.3) is 5.91 Å². The number of carbonyl (C=O) groups is 1. The minimum absolute atomic E-state index is 0.0500. The van der Waals surface area contributed by atoms with Gasteiger partial charge >= 0.3 is 0 Å². The van der Waals surface area contributed by atoms with Gasteiger partial charge in [-0.25, -0.2) is 4.98 Å². The number of amides is 1. The van der Waals surface area contributed by atoms with Crippen molar-refractivity contribution in [2.24, 2.45) is 0 Å². The Kier molecular flexibility index (Phi) is 6.63. The van der Waals surface area contributed by atoms with Crippen molar-refractivity contribution in [2.45, 2.75) is 26.2 Å². The molecule has 0 aliphatic rings. The monoisotopic (exact) mass is 428 g/mol. The molecule has 0 saturated carbocycles. The van der Waals surface area contributed by atoms with Crippen LogP contribution in [0.1, 0.15) is 34.3 Å². The number of para-hydroxylation sites is 1. The summed E-state index contributed by atoms with van der Waals surface area (Å²) in [4.78, 5) is 18.0. The molecule has 0 atom stereocenters. The molecular weight excluding hydrogens is 404 g/mol. The predicted octanol–water partition coefficient (Wildman–Crippen LogP) is 6.62. The molecule has 0 radical (unpaired) electrons. The fourth-order valence-corrected chi connectivity index (χ4v) is 4.00. The van der Waals surface area contributed by atoms with Gasteiger partial charge in [-0.1, -0.05) is 72.3 Å². The minimum Gasteiger partial charge on any atom is -0.352 e. The topological polar surface area (TPSA) is 42.0 Å². The molecule has 1 N–H and O–H groups in total. The molecule has 0 saturated heterocycles. The Morgan fingerprint density at radius 3 is 2.39 bits per heavy atom. The number of nitrogens with one attached hydrogen (secondary N) is 1. The molecule has 3 aromatic carbocycles. The summed E-state index contributed by atoms with van der Waals surface area (Å²) in [5.74, 6) is -0.0500. The molecule has 1 amide bonds. The molecule has 3 nitrogen and oxygen atoms in total. The number of hydrogen-bond donors (Lipinski definition) is 1. The Bertz CT molecular complexity index is 1190. The summed E-state index contributed by atoms with van der Waals surface area (Å²) in [7, 11) is 0. The molecule has 0 unspecified atom stereocenters. The molecule has 4 heteroatoms. The minimum atomic E-state index is -0.0500. The van der Waals surface area contributed by atoms with Crippen LogP contribution in [0.4, 0.5) is 0 Å². The first kappa shape index (κ1) is 21.1. The lowest BCUT2D eigenvalue weighted by atomic mass is 9.97. The number of carbonyl (C=O) groups excluding carboxylic acids is 1. The highest BCUT2D eigenvalue weighted by Gasteiger charge is 2.18. The van der Waals surface area contributed by atoms with Crippen molar-refractivity contribution in [3.63, 3.8) is 0 Å². The van der Waals surface area contributed by atoms with Crippen LogP contribution < -0.4 is 5.32 Å². The second-order valence-corrected chi connectivity index (χ2v) is 8.12. The maximum Gasteiger partial charge on any atom is 0.252 e. The average Bonchev–Trinajstić information content (AvgIpc) is 2.79. The Hall–Kier alpha value is -3.17. The molecule has 0 aliphatic heterocycles. The van der Waals surface area contributed by atoms with E-state index < -0.39 is 0 Å². The van der Waals surface area contributed by atoms with Crippen LogP contribution in [-0.4, -0.2) is 17.4 Å². The average molecular weight is 429 g/mol. The zero-order chi connectivity index (χ0) is 21.6. The Balaban J connectivity index is 1.53. The van der Waals surface area contributed by atoms with E-state index in [1.165, 1.54) is 5.56 Å². The third-order valence-electron chi connectivity index (χ3n) is 5.50. The summed E-state index contributed by atoms with van der Waals surface area (Å²) in [5.41, 5.74) is 5.47. The van der Waals surface area contributed by atoms with Gasteiger partial charge in [-0.3, -0.25) is 4.79 Å². The third-order valence-corrected chi connectivity index (χ3v) is 5.75. The molecule has 156 valence electrons. The summed E-state index contributed by atoms with van der Waals surface area (Å²) in [6.45, 7) is 2.62. The second-order valence-electron chi connectivity index (χ2n) is 7.68. The Morgan fingerprint density at radius 2 is 1.61 bits per heavy atom. The highest BCUT2D eigenvalue weighted by molar-refractivity contribution is 6.30. The van der Waals surface area contributed by atoms with Gasteiger partial charge in [0.05, 0.1) is 16.8 Å². The van der Waals surface area contributed by atoms with E-state index in [-0.39, 0.29) is 5.91 Å². The van der Waals surface area contributed by atoms with Crippen molar-refractivity contribution >= 4 is 28.4 Å². The Labute approximate surface area is 188 Å². The molecular formula is C27H25ClN2O. The molecule has 0 spiro atoms. The van der Waals surface area contributed by atoms with Crippen LogP contribution in [0, 0.1) is 6.92 Å². The van der Waals surface area contributed by atoms with E-state index in [1.54, 1.807) is 0 Å². The number of benzene rings is 3. The van der Waals surface area contributed by atoms with Crippen LogP contribution in [0.15, 0.2) is 78.9 Å². The van der Waals surface area contributed by atoms with E-state index in [2.05, 4.69) is 29.6 Å². The summed E-state index contributed by atoms with van der Waals surface area (Å²) < 4.78 is 0. The lowest BCUT2D eigenvalue weighted by Crippen LogP contribution is -2.26. The van der Waals surface area contributed by atoms with Crippen molar-refractivity contribution in [3.05, 3.63) is 101 Å². The quantitative estimate of drug-likeness (QED) is 0.336. The van der Waals surface area contributed by atoms with Gasteiger partial charge in [-0.05, 0) is 55.5 Å². The van der Waals surface area contributed by atoms with Gasteiger partial charge < -0.3 is 5.32 Å². The Morgan fingerprint density at radius 1 is 0.903 bits per heavy atom. The van der Waals surface area contributed by atoms with Crippen LogP contribution in [-0.2, 0) is 6.42 Å². The zero-order valence-electron chi connectivity index (χ0n) is 17.6. The number of hydrogen-bond acceptors (Lipinski definition) is 2. The van der Waals surface area contributed by atoms with Gasteiger partial charge in [0.15, 0.2) is 0 Å². The summed E-state index contributed by atoms with van der Waals surface area (Å²) >= 11 is 6.05. The molecule has 31 heavy (non-hydrogen) atoms. The SMILES string of the molecule is Cc1c(-c2ccc(Cl)cc2)nc2ccccc2c1C(=O)NCCCCc1ccccc1. The van der Waals surface area contributed by atoms with Crippen molar-refractivity contribution in [2.75, 3.05) is 6.54 Å². The summed E-state index contributed by atoms with van der Waals surface area (Å²) in [6.07, 6.45) is 3.00. The lowest BCUT2D eigenvalue weighted by molar-refractivity contribution is 0.0954. The first-order valence-electron chi connectivity index (χ1n) is 10.6. The zero-order valence-corrected chi connectivity index (χ0v) is 18.3. The fourth-order valence-electron chi connectivity index (χ4n) is 3.88. The number of unbranched alkanes of at least 4 members (excludes halogenated alkanes) is 1. The molecule has 4 rings (SSSR count). The van der Waals surface area contributed by atoms with Crippen LogP contribution >= 0.6 is 11.6 Å². The molecule has 0 fully saturated rings. The first-order valence-corrected chi connectivity index (χ1v) is 11.0. The van der Waals surface area contributed by atoms with Gasteiger partial charge in [0, 0.05) is 22.5 Å². The number of halogens is 1. The fraction of sp³-hybridized carbons (Fsp3) is 0.185. The van der Waals surface area contributed by atoms with E-state index in [1.807, 2.05) is 61.5 Å². The number of aromatic nitrogens is 1. The third kappa shape index (κ3) is 4.95. The largest absolute Gasteiger partial charge is 0.352 e. The summed E-state index contributed by atoms with van der Waals surface area (Å²) in [6, 6.07) is 25.8. The van der Waals surface area contributed by atoms with Crippen molar-refractivity contribution in [3.8, 4) is 11.3 Å². The van der Waals surface area contributed by atoms with E-state index in [4.69, 9.17) is 16.6 Å². The van der Waals surface area contributed by atoms with E-state index in [9.17, 15) is 4.79 Å². The van der Waals surface area contributed by atoms with Crippen molar-refractivity contribution in [1.29, 1.82) is 0 Å². The van der Waals surface area contributed by atoms with Crippen LogP contribution in [0.3, 0.4) is 0 Å². The first-order chi connectivity index (χ1) is 15.1. The second kappa shape index (κ2) is 9.76. The number of rotatable bonds is 7. The lowest BCUT2D eigenvalue weighted by Gasteiger charge is -2.15. The molecule has 0 aliphatic carbocycles. The predicted molar refractivity (Wildman–Crippen MR) is 129 cm³/mol. The van der Waals surface area contributed by atoms with Gasteiger partial charge in [-0.2, -0.15) is 0 Å². The van der Waals surface area contributed by atoms with Crippen molar-refractivity contribution < 1.29 is 4.79 Å². The molecule has 1 heterocycles. The molecule has 1 aromatic heterocycles. The van der Waals surface area contributed by atoms with Crippen LogP contribution in [0.2, 0.25) is 5.02 Å². The number of pyridine rings is 1. The van der Waals surface area contributed by atoms with Gasteiger partial charge in [-0.15, -0.1) is 0 Å². The molecule has 4 aromatic rings. The highest BCUT2D eigenvalue weighted by atomic mass is 35.5. The van der Waals surface area contributed by atoms with E-state index in [0.29, 0.717) is 17.1 Å². The maximum atomic E-state index is 13.2. The molecule has 0 bridgehead atoms. The standard InChI is InChI=1S/C27H25ClN2O/c1-19-25(27(31)29-18-8-7-11-20-9-3-2-4-10-20)23-12-5-6-13-24(23)30-26(19)21-14-16-22(28)17-15-21/h2-6,9-10,12-17H,7-8,11,18H2,1H3,(H,29,31). The normalized spacial score (nSPS) is 10.9. The highest BCUT2D eigenvalue weighted by Crippen LogP contribution is 2.30.